The first kappa shape index (κ1) is 15.3. The van der Waals surface area contributed by atoms with Crippen molar-refractivity contribution in [2.75, 3.05) is 0 Å². The number of rotatable bonds is 1. The third-order valence-corrected chi connectivity index (χ3v) is 5.21. The van der Waals surface area contributed by atoms with E-state index in [0.717, 1.165) is 55.9 Å². The Morgan fingerprint density at radius 1 is 0.857 bits per heavy atom. The first-order valence-corrected chi connectivity index (χ1v) is 9.21. The van der Waals surface area contributed by atoms with Crippen molar-refractivity contribution in [1.82, 2.24) is 20.3 Å². The maximum atomic E-state index is 4.93. The maximum absolute atomic E-state index is 4.93. The van der Waals surface area contributed by atoms with E-state index in [1.54, 1.807) is 0 Å². The molecule has 1 aliphatic carbocycles. The van der Waals surface area contributed by atoms with E-state index in [-0.39, 0.29) is 0 Å². The van der Waals surface area contributed by atoms with E-state index < -0.39 is 0 Å². The van der Waals surface area contributed by atoms with Gasteiger partial charge in [0, 0.05) is 28.7 Å². The average molecular weight is 359 g/mol. The number of benzene rings is 1. The molecule has 0 bridgehead atoms. The molecule has 1 aromatic carbocycles. The minimum Gasteiger partial charge on any atom is -0.374 e. The van der Waals surface area contributed by atoms with Crippen LogP contribution in [0.5, 0.6) is 0 Å². The molecule has 4 heterocycles. The fraction of sp³-hybridized carbons (Fsp3) is 0. The molecule has 4 heteroatoms. The second kappa shape index (κ2) is 5.86. The van der Waals surface area contributed by atoms with Gasteiger partial charge in [0.15, 0.2) is 0 Å². The Morgan fingerprint density at radius 3 is 2.71 bits per heavy atom. The van der Waals surface area contributed by atoms with Crippen LogP contribution in [0.2, 0.25) is 0 Å². The molecule has 0 unspecified atom stereocenters. The highest BCUT2D eigenvalue weighted by atomic mass is 14.9. The van der Waals surface area contributed by atoms with E-state index in [0.29, 0.717) is 0 Å². The zero-order valence-electron chi connectivity index (χ0n) is 14.9. The zero-order chi connectivity index (χ0) is 18.5. The molecule has 0 atom stereocenters. The van der Waals surface area contributed by atoms with Crippen LogP contribution in [0.25, 0.3) is 39.1 Å². The molecule has 0 amide bonds. The van der Waals surface area contributed by atoms with Crippen molar-refractivity contribution in [3.63, 3.8) is 0 Å². The monoisotopic (exact) mass is 359 g/mol. The molecule has 0 saturated heterocycles. The molecule has 2 aliphatic rings. The number of aromatic nitrogens is 3. The van der Waals surface area contributed by atoms with Crippen LogP contribution in [0.3, 0.4) is 0 Å². The summed E-state index contributed by atoms with van der Waals surface area (Å²) in [6.07, 6.45) is 14.0. The van der Waals surface area contributed by atoms with Crippen LogP contribution < -0.4 is 5.32 Å². The van der Waals surface area contributed by atoms with Crippen molar-refractivity contribution in [3.05, 3.63) is 102 Å². The Balaban J connectivity index is 1.50. The first-order chi connectivity index (χ1) is 13.9. The van der Waals surface area contributed by atoms with Crippen LogP contribution >= 0.6 is 0 Å². The van der Waals surface area contributed by atoms with Gasteiger partial charge in [-0.1, -0.05) is 42.5 Å². The molecule has 0 saturated carbocycles. The third kappa shape index (κ3) is 2.28. The molecular weight excluding hydrogens is 344 g/mol. The number of nitrogens with one attached hydrogen (secondary N) is 1. The number of hydrogen-bond acceptors (Lipinski definition) is 4. The molecule has 131 valence electrons. The van der Waals surface area contributed by atoms with E-state index >= 15 is 0 Å². The highest BCUT2D eigenvalue weighted by molar-refractivity contribution is 6.03. The number of pyridine rings is 3. The van der Waals surface area contributed by atoms with E-state index in [9.17, 15) is 0 Å². The smallest absolute Gasteiger partial charge is 0.139 e. The van der Waals surface area contributed by atoms with E-state index in [2.05, 4.69) is 58.9 Å². The molecule has 1 radical (unpaired) electrons. The summed E-state index contributed by atoms with van der Waals surface area (Å²) in [7, 11) is 0. The Bertz CT molecular complexity index is 1350. The Labute approximate surface area is 162 Å². The summed E-state index contributed by atoms with van der Waals surface area (Å²) >= 11 is 0. The SMILES string of the molecule is C1=CN[C]2C(=C1)C=Cc1cc(-c3ccc4ccc5cccnc5c4n3)cnc12. The van der Waals surface area contributed by atoms with Gasteiger partial charge in [0.1, 0.15) is 6.04 Å². The van der Waals surface area contributed by atoms with Gasteiger partial charge in [0.25, 0.3) is 0 Å². The molecule has 0 spiro atoms. The topological polar surface area (TPSA) is 50.7 Å². The summed E-state index contributed by atoms with van der Waals surface area (Å²) in [6.45, 7) is 0. The normalized spacial score (nSPS) is 15.2. The summed E-state index contributed by atoms with van der Waals surface area (Å²) in [6, 6.07) is 15.5. The Kier molecular flexibility index (Phi) is 3.20. The third-order valence-electron chi connectivity index (χ3n) is 5.21. The Hall–Kier alpha value is -3.79. The van der Waals surface area contributed by atoms with Crippen molar-refractivity contribution in [1.29, 1.82) is 0 Å². The fourth-order valence-corrected chi connectivity index (χ4v) is 3.82. The molecule has 4 aromatic rings. The van der Waals surface area contributed by atoms with Gasteiger partial charge < -0.3 is 5.32 Å². The van der Waals surface area contributed by atoms with Crippen molar-refractivity contribution in [2.24, 2.45) is 0 Å². The van der Waals surface area contributed by atoms with Gasteiger partial charge in [-0.15, -0.1) is 0 Å². The van der Waals surface area contributed by atoms with Crippen molar-refractivity contribution in [3.8, 4) is 11.3 Å². The highest BCUT2D eigenvalue weighted by Gasteiger charge is 2.24. The number of dihydropyridines is 1. The Morgan fingerprint density at radius 2 is 1.75 bits per heavy atom. The van der Waals surface area contributed by atoms with Crippen LogP contribution in [0, 0.1) is 6.04 Å². The van der Waals surface area contributed by atoms with Crippen LogP contribution in [0.15, 0.2) is 84.9 Å². The summed E-state index contributed by atoms with van der Waals surface area (Å²) < 4.78 is 0. The molecule has 1 N–H and O–H groups in total. The number of allylic oxidation sites excluding steroid dienone is 2. The standard InChI is InChI=1S/C24H15N4/c1-3-15-7-8-18-13-19(14-27-23(18)21(15)25-11-1)20-10-9-17-6-5-16-4-2-12-26-22(16)24(17)28-20/h1-14,25H. The first-order valence-electron chi connectivity index (χ1n) is 9.21. The second-order valence-corrected chi connectivity index (χ2v) is 6.90. The lowest BCUT2D eigenvalue weighted by molar-refractivity contribution is 0.892. The van der Waals surface area contributed by atoms with Gasteiger partial charge in [-0.25, -0.2) is 4.98 Å². The number of fused-ring (bicyclic) bond motifs is 6. The van der Waals surface area contributed by atoms with Crippen LogP contribution in [-0.2, 0) is 0 Å². The van der Waals surface area contributed by atoms with Crippen LogP contribution in [-0.4, -0.2) is 15.0 Å². The van der Waals surface area contributed by atoms with Gasteiger partial charge in [-0.2, -0.15) is 0 Å². The second-order valence-electron chi connectivity index (χ2n) is 6.90. The predicted molar refractivity (Wildman–Crippen MR) is 112 cm³/mol. The van der Waals surface area contributed by atoms with Gasteiger partial charge in [-0.05, 0) is 41.6 Å². The highest BCUT2D eigenvalue weighted by Crippen LogP contribution is 2.33. The molecule has 28 heavy (non-hydrogen) atoms. The lowest BCUT2D eigenvalue weighted by Crippen LogP contribution is -2.24. The van der Waals surface area contributed by atoms with Crippen LogP contribution in [0.4, 0.5) is 0 Å². The quantitative estimate of drug-likeness (QED) is 0.496. The number of nitrogens with zero attached hydrogens (tertiary/aromatic N) is 3. The van der Waals surface area contributed by atoms with E-state index in [4.69, 9.17) is 9.97 Å². The van der Waals surface area contributed by atoms with E-state index in [1.165, 1.54) is 0 Å². The van der Waals surface area contributed by atoms with Gasteiger partial charge >= 0.3 is 0 Å². The predicted octanol–water partition coefficient (Wildman–Crippen LogP) is 4.80. The summed E-state index contributed by atoms with van der Waals surface area (Å²) in [5, 5.41) is 5.49. The largest absolute Gasteiger partial charge is 0.374 e. The lowest BCUT2D eigenvalue weighted by atomic mass is 9.91. The molecule has 4 nitrogen and oxygen atoms in total. The summed E-state index contributed by atoms with van der Waals surface area (Å²) in [5.74, 6) is 0. The van der Waals surface area contributed by atoms with Crippen molar-refractivity contribution in [2.45, 2.75) is 0 Å². The molecule has 0 fully saturated rings. The molecule has 6 rings (SSSR count). The van der Waals surface area contributed by atoms with Crippen molar-refractivity contribution < 1.29 is 0 Å². The lowest BCUT2D eigenvalue weighted by Gasteiger charge is -2.24. The molecular formula is C24H15N4. The maximum Gasteiger partial charge on any atom is 0.139 e. The minimum absolute atomic E-state index is 0.900. The van der Waals surface area contributed by atoms with Gasteiger partial charge in [-0.3, -0.25) is 9.97 Å². The van der Waals surface area contributed by atoms with Gasteiger partial charge in [0.2, 0.25) is 0 Å². The van der Waals surface area contributed by atoms with Crippen molar-refractivity contribution >= 4 is 27.9 Å². The molecule has 1 aliphatic heterocycles. The zero-order valence-corrected chi connectivity index (χ0v) is 14.9. The minimum atomic E-state index is 0.900. The summed E-state index contributed by atoms with van der Waals surface area (Å²) in [5.41, 5.74) is 6.95. The molecule has 3 aromatic heterocycles. The number of hydrogen-bond donors (Lipinski definition) is 1. The van der Waals surface area contributed by atoms with Gasteiger partial charge in [0.05, 0.1) is 22.4 Å². The fourth-order valence-electron chi connectivity index (χ4n) is 3.82. The average Bonchev–Trinajstić information content (AvgIpc) is 2.78. The summed E-state index contributed by atoms with van der Waals surface area (Å²) in [4.78, 5) is 14.2. The van der Waals surface area contributed by atoms with E-state index in [1.807, 2.05) is 36.8 Å². The van der Waals surface area contributed by atoms with Crippen LogP contribution in [0.1, 0.15) is 11.3 Å².